The number of ether oxygens (including phenoxy) is 1. The number of aromatic nitrogens is 1. The summed E-state index contributed by atoms with van der Waals surface area (Å²) < 4.78 is 5.64. The van der Waals surface area contributed by atoms with Crippen molar-refractivity contribution in [3.05, 3.63) is 59.4 Å². The van der Waals surface area contributed by atoms with Gasteiger partial charge in [-0.2, -0.15) is 0 Å². The SMILES string of the molecule is C/C(=C\c1ccc(Oc2ccc(C)nc2)cc1)C(=O)O. The summed E-state index contributed by atoms with van der Waals surface area (Å²) in [5.74, 6) is 0.428. The molecule has 4 nitrogen and oxygen atoms in total. The van der Waals surface area contributed by atoms with E-state index >= 15 is 0 Å². The van der Waals surface area contributed by atoms with Crippen LogP contribution in [0.15, 0.2) is 48.2 Å². The standard InChI is InChI=1S/C16H15NO3/c1-11(16(18)19)9-13-4-7-14(8-5-13)20-15-6-3-12(2)17-10-15/h3-10H,1-2H3,(H,18,19)/b11-9+. The molecular formula is C16H15NO3. The number of aryl methyl sites for hydroxylation is 1. The normalized spacial score (nSPS) is 11.2. The summed E-state index contributed by atoms with van der Waals surface area (Å²) in [4.78, 5) is 14.9. The molecule has 0 aliphatic heterocycles. The smallest absolute Gasteiger partial charge is 0.331 e. The molecule has 0 amide bonds. The number of carboxylic acid groups (broad SMARTS) is 1. The highest BCUT2D eigenvalue weighted by Gasteiger charge is 2.01. The van der Waals surface area contributed by atoms with Crippen LogP contribution in [0.3, 0.4) is 0 Å². The van der Waals surface area contributed by atoms with Gasteiger partial charge >= 0.3 is 5.97 Å². The number of rotatable bonds is 4. The van der Waals surface area contributed by atoms with Crippen LogP contribution in [0.5, 0.6) is 11.5 Å². The number of pyridine rings is 1. The van der Waals surface area contributed by atoms with Crippen molar-refractivity contribution in [2.75, 3.05) is 0 Å². The van der Waals surface area contributed by atoms with Crippen LogP contribution in [0.1, 0.15) is 18.2 Å². The van der Waals surface area contributed by atoms with Gasteiger partial charge in [-0.25, -0.2) is 4.79 Å². The third-order valence-electron chi connectivity index (χ3n) is 2.72. The van der Waals surface area contributed by atoms with E-state index in [1.165, 1.54) is 0 Å². The number of nitrogens with zero attached hydrogens (tertiary/aromatic N) is 1. The first kappa shape index (κ1) is 13.8. The summed E-state index contributed by atoms with van der Waals surface area (Å²) in [6, 6.07) is 10.9. The van der Waals surface area contributed by atoms with Gasteiger partial charge in [0.1, 0.15) is 11.5 Å². The van der Waals surface area contributed by atoms with E-state index in [1.54, 1.807) is 31.3 Å². The highest BCUT2D eigenvalue weighted by Crippen LogP contribution is 2.21. The predicted molar refractivity (Wildman–Crippen MR) is 76.8 cm³/mol. The van der Waals surface area contributed by atoms with Gasteiger partial charge < -0.3 is 9.84 Å². The lowest BCUT2D eigenvalue weighted by Gasteiger charge is -2.05. The lowest BCUT2D eigenvalue weighted by molar-refractivity contribution is -0.132. The van der Waals surface area contributed by atoms with Gasteiger partial charge in [-0.1, -0.05) is 12.1 Å². The molecule has 0 atom stereocenters. The molecule has 0 aliphatic carbocycles. The molecule has 102 valence electrons. The minimum Gasteiger partial charge on any atom is -0.478 e. The zero-order chi connectivity index (χ0) is 14.5. The van der Waals surface area contributed by atoms with Crippen molar-refractivity contribution in [2.45, 2.75) is 13.8 Å². The average molecular weight is 269 g/mol. The van der Waals surface area contributed by atoms with E-state index in [4.69, 9.17) is 9.84 Å². The fourth-order valence-corrected chi connectivity index (χ4v) is 1.59. The Labute approximate surface area is 117 Å². The van der Waals surface area contributed by atoms with E-state index in [2.05, 4.69) is 4.98 Å². The summed E-state index contributed by atoms with van der Waals surface area (Å²) >= 11 is 0. The molecule has 0 radical (unpaired) electrons. The Morgan fingerprint density at radius 1 is 1.15 bits per heavy atom. The fraction of sp³-hybridized carbons (Fsp3) is 0.125. The van der Waals surface area contributed by atoms with Crippen LogP contribution in [0.4, 0.5) is 0 Å². The molecule has 0 spiro atoms. The van der Waals surface area contributed by atoms with Crippen LogP contribution in [0.25, 0.3) is 6.08 Å². The molecule has 0 saturated carbocycles. The van der Waals surface area contributed by atoms with E-state index in [-0.39, 0.29) is 0 Å². The quantitative estimate of drug-likeness (QED) is 0.860. The monoisotopic (exact) mass is 269 g/mol. The van der Waals surface area contributed by atoms with Gasteiger partial charge in [0, 0.05) is 11.3 Å². The number of hydrogen-bond donors (Lipinski definition) is 1. The van der Waals surface area contributed by atoms with Gasteiger partial charge in [0.2, 0.25) is 0 Å². The predicted octanol–water partition coefficient (Wildman–Crippen LogP) is 3.67. The first-order valence-electron chi connectivity index (χ1n) is 6.17. The van der Waals surface area contributed by atoms with E-state index in [1.807, 2.05) is 31.2 Å². The molecule has 0 unspecified atom stereocenters. The number of aliphatic carboxylic acids is 1. The summed E-state index contributed by atoms with van der Waals surface area (Å²) in [7, 11) is 0. The molecule has 4 heteroatoms. The third kappa shape index (κ3) is 3.68. The molecule has 1 aromatic carbocycles. The van der Waals surface area contributed by atoms with Crippen LogP contribution in [-0.4, -0.2) is 16.1 Å². The first-order chi connectivity index (χ1) is 9.54. The zero-order valence-electron chi connectivity index (χ0n) is 11.3. The maximum atomic E-state index is 10.7. The summed E-state index contributed by atoms with van der Waals surface area (Å²) in [6.07, 6.45) is 3.28. The topological polar surface area (TPSA) is 59.4 Å². The van der Waals surface area contributed by atoms with Gasteiger partial charge in [0.25, 0.3) is 0 Å². The molecule has 0 fully saturated rings. The van der Waals surface area contributed by atoms with Crippen LogP contribution in [0, 0.1) is 6.92 Å². The van der Waals surface area contributed by atoms with Crippen LogP contribution < -0.4 is 4.74 Å². The molecular weight excluding hydrogens is 254 g/mol. The zero-order valence-corrected chi connectivity index (χ0v) is 11.3. The molecule has 1 N–H and O–H groups in total. The van der Waals surface area contributed by atoms with E-state index < -0.39 is 5.97 Å². The summed E-state index contributed by atoms with van der Waals surface area (Å²) in [6.45, 7) is 3.47. The van der Waals surface area contributed by atoms with Crippen molar-refractivity contribution in [1.29, 1.82) is 0 Å². The van der Waals surface area contributed by atoms with Crippen molar-refractivity contribution in [2.24, 2.45) is 0 Å². The molecule has 2 rings (SSSR count). The van der Waals surface area contributed by atoms with E-state index in [9.17, 15) is 4.79 Å². The number of carbonyl (C=O) groups is 1. The molecule has 2 aromatic rings. The Kier molecular flexibility index (Phi) is 4.15. The number of benzene rings is 1. The van der Waals surface area contributed by atoms with Crippen molar-refractivity contribution in [3.8, 4) is 11.5 Å². The van der Waals surface area contributed by atoms with Gasteiger partial charge in [-0.3, -0.25) is 4.98 Å². The van der Waals surface area contributed by atoms with Gasteiger partial charge in [-0.15, -0.1) is 0 Å². The third-order valence-corrected chi connectivity index (χ3v) is 2.72. The van der Waals surface area contributed by atoms with Crippen molar-refractivity contribution < 1.29 is 14.6 Å². The highest BCUT2D eigenvalue weighted by atomic mass is 16.5. The Morgan fingerprint density at radius 2 is 1.80 bits per heavy atom. The first-order valence-corrected chi connectivity index (χ1v) is 6.17. The van der Waals surface area contributed by atoms with Gasteiger partial charge in [0.05, 0.1) is 6.20 Å². The van der Waals surface area contributed by atoms with Crippen molar-refractivity contribution in [3.63, 3.8) is 0 Å². The lowest BCUT2D eigenvalue weighted by atomic mass is 10.1. The van der Waals surface area contributed by atoms with Crippen LogP contribution in [-0.2, 0) is 4.79 Å². The van der Waals surface area contributed by atoms with E-state index in [0.717, 1.165) is 11.3 Å². The highest BCUT2D eigenvalue weighted by molar-refractivity contribution is 5.91. The molecule has 20 heavy (non-hydrogen) atoms. The van der Waals surface area contributed by atoms with Crippen LogP contribution in [0.2, 0.25) is 0 Å². The number of hydrogen-bond acceptors (Lipinski definition) is 3. The minimum atomic E-state index is -0.920. The minimum absolute atomic E-state index is 0.293. The summed E-state index contributed by atoms with van der Waals surface area (Å²) in [5, 5.41) is 8.82. The lowest BCUT2D eigenvalue weighted by Crippen LogP contribution is -1.95. The van der Waals surface area contributed by atoms with E-state index in [0.29, 0.717) is 17.1 Å². The Balaban J connectivity index is 2.10. The van der Waals surface area contributed by atoms with Gasteiger partial charge in [0.15, 0.2) is 0 Å². The second-order valence-corrected chi connectivity index (χ2v) is 4.44. The average Bonchev–Trinajstić information content (AvgIpc) is 2.43. The Morgan fingerprint density at radius 3 is 2.35 bits per heavy atom. The second kappa shape index (κ2) is 6.02. The van der Waals surface area contributed by atoms with Crippen molar-refractivity contribution in [1.82, 2.24) is 4.98 Å². The second-order valence-electron chi connectivity index (χ2n) is 4.44. The largest absolute Gasteiger partial charge is 0.478 e. The molecule has 1 heterocycles. The van der Waals surface area contributed by atoms with Gasteiger partial charge in [-0.05, 0) is 49.8 Å². The Bertz CT molecular complexity index is 628. The van der Waals surface area contributed by atoms with Crippen molar-refractivity contribution >= 4 is 12.0 Å². The Hall–Kier alpha value is -2.62. The molecule has 1 aromatic heterocycles. The molecule has 0 bridgehead atoms. The van der Waals surface area contributed by atoms with Crippen LogP contribution >= 0.6 is 0 Å². The maximum Gasteiger partial charge on any atom is 0.331 e. The molecule has 0 aliphatic rings. The number of carboxylic acids is 1. The fourth-order valence-electron chi connectivity index (χ4n) is 1.59. The summed E-state index contributed by atoms with van der Waals surface area (Å²) in [5.41, 5.74) is 2.04. The molecule has 0 saturated heterocycles. The maximum absolute atomic E-state index is 10.7.